The van der Waals surface area contributed by atoms with Gasteiger partial charge >= 0.3 is 0 Å². The summed E-state index contributed by atoms with van der Waals surface area (Å²) in [6, 6.07) is 17.6. The van der Waals surface area contributed by atoms with Crippen LogP contribution >= 0.6 is 11.9 Å². The molecule has 0 bridgehead atoms. The quantitative estimate of drug-likeness (QED) is 0.418. The molecule has 0 saturated carbocycles. The lowest BCUT2D eigenvalue weighted by atomic mass is 10.1. The van der Waals surface area contributed by atoms with Crippen LogP contribution in [0.15, 0.2) is 78.2 Å². The summed E-state index contributed by atoms with van der Waals surface area (Å²) in [4.78, 5) is 18.8. The van der Waals surface area contributed by atoms with E-state index in [-0.39, 0.29) is 0 Å². The maximum atomic E-state index is 4.38. The Morgan fingerprint density at radius 2 is 1.40 bits per heavy atom. The first kappa shape index (κ1) is 19.1. The number of aromatic nitrogens is 4. The number of rotatable bonds is 8. The van der Waals surface area contributed by atoms with Crippen LogP contribution in [0.25, 0.3) is 0 Å². The molecule has 1 aliphatic heterocycles. The van der Waals surface area contributed by atoms with Gasteiger partial charge in [-0.1, -0.05) is 36.4 Å². The van der Waals surface area contributed by atoms with Crippen molar-refractivity contribution in [3.8, 4) is 0 Å². The number of fused-ring (bicyclic) bond motifs is 1. The number of benzene rings is 2. The average molecular weight is 417 g/mol. The molecule has 0 radical (unpaired) electrons. The number of nitrogens with one attached hydrogen (secondary N) is 2. The van der Waals surface area contributed by atoms with Crippen molar-refractivity contribution in [2.75, 3.05) is 0 Å². The largest absolute Gasteiger partial charge is 0.348 e. The molecule has 1 aliphatic rings. The molecule has 0 spiro atoms. The van der Waals surface area contributed by atoms with Crippen LogP contribution in [0.5, 0.6) is 0 Å². The topological polar surface area (TPSA) is 63.8 Å². The van der Waals surface area contributed by atoms with Crippen LogP contribution < -0.4 is 0 Å². The van der Waals surface area contributed by atoms with E-state index in [2.05, 4.69) is 77.7 Å². The molecule has 152 valence electrons. The first-order chi connectivity index (χ1) is 14.8. The summed E-state index contributed by atoms with van der Waals surface area (Å²) in [5, 5.41) is 0. The van der Waals surface area contributed by atoms with E-state index in [1.54, 1.807) is 12.4 Å². The highest BCUT2D eigenvalue weighted by atomic mass is 32.2. The maximum Gasteiger partial charge on any atom is 0.120 e. The molecule has 0 amide bonds. The van der Waals surface area contributed by atoms with Gasteiger partial charge in [-0.2, -0.15) is 0 Å². The van der Waals surface area contributed by atoms with Crippen molar-refractivity contribution in [3.05, 3.63) is 102 Å². The molecule has 6 nitrogen and oxygen atoms in total. The van der Waals surface area contributed by atoms with Gasteiger partial charge in [-0.15, -0.1) is 0 Å². The molecule has 2 N–H and O–H groups in total. The molecule has 4 aromatic rings. The molecular formula is C23H24N6S. The molecule has 2 aromatic heterocycles. The highest BCUT2D eigenvalue weighted by molar-refractivity contribution is 7.97. The third kappa shape index (κ3) is 4.64. The third-order valence-electron chi connectivity index (χ3n) is 5.23. The standard InChI is InChI=1S/C23H24N6S/c1-2-4-20-15-29(14-19(20)3-1)30-21-7-5-18(6-8-21)13-28(16-22-24-9-10-25-22)17-23-26-11-12-27-23/h1-12H,13-17H2,(H,24,25)(H,26,27). The first-order valence-electron chi connectivity index (χ1n) is 10.1. The van der Waals surface area contributed by atoms with Crippen LogP contribution in [0.3, 0.4) is 0 Å². The minimum absolute atomic E-state index is 0.746. The second-order valence-electron chi connectivity index (χ2n) is 7.52. The predicted molar refractivity (Wildman–Crippen MR) is 118 cm³/mol. The van der Waals surface area contributed by atoms with Crippen molar-refractivity contribution in [3.63, 3.8) is 0 Å². The lowest BCUT2D eigenvalue weighted by Crippen LogP contribution is -2.23. The Bertz CT molecular complexity index is 998. The van der Waals surface area contributed by atoms with Gasteiger partial charge in [0.05, 0.1) is 13.1 Å². The Balaban J connectivity index is 1.22. The lowest BCUT2D eigenvalue weighted by molar-refractivity contribution is 0.236. The van der Waals surface area contributed by atoms with Crippen LogP contribution in [0, 0.1) is 0 Å². The predicted octanol–water partition coefficient (Wildman–Crippen LogP) is 4.36. The number of nitrogens with zero attached hydrogens (tertiary/aromatic N) is 4. The molecule has 3 heterocycles. The second kappa shape index (κ2) is 8.87. The molecule has 7 heteroatoms. The number of H-pyrrole nitrogens is 2. The van der Waals surface area contributed by atoms with Crippen LogP contribution in [-0.2, 0) is 32.7 Å². The summed E-state index contributed by atoms with van der Waals surface area (Å²) in [6.45, 7) is 4.33. The fourth-order valence-electron chi connectivity index (χ4n) is 3.79. The second-order valence-corrected chi connectivity index (χ2v) is 8.69. The maximum absolute atomic E-state index is 4.38. The van der Waals surface area contributed by atoms with Gasteiger partial charge in [0.25, 0.3) is 0 Å². The summed E-state index contributed by atoms with van der Waals surface area (Å²) in [6.07, 6.45) is 7.32. The van der Waals surface area contributed by atoms with Gasteiger partial charge in [-0.25, -0.2) is 14.3 Å². The van der Waals surface area contributed by atoms with Gasteiger partial charge in [-0.05, 0) is 40.8 Å². The van der Waals surface area contributed by atoms with Gasteiger partial charge in [-0.3, -0.25) is 4.90 Å². The summed E-state index contributed by atoms with van der Waals surface area (Å²) >= 11 is 1.83. The fraction of sp³-hybridized carbons (Fsp3) is 0.217. The van der Waals surface area contributed by atoms with Gasteiger partial charge in [0.15, 0.2) is 0 Å². The van der Waals surface area contributed by atoms with E-state index in [4.69, 9.17) is 0 Å². The smallest absolute Gasteiger partial charge is 0.120 e. The van der Waals surface area contributed by atoms with Crippen molar-refractivity contribution in [2.24, 2.45) is 0 Å². The Morgan fingerprint density at radius 3 is 1.93 bits per heavy atom. The Labute approximate surface area is 180 Å². The van der Waals surface area contributed by atoms with Gasteiger partial charge < -0.3 is 9.97 Å². The van der Waals surface area contributed by atoms with Crippen molar-refractivity contribution in [2.45, 2.75) is 37.6 Å². The van der Waals surface area contributed by atoms with E-state index in [0.717, 1.165) is 44.4 Å². The monoisotopic (exact) mass is 416 g/mol. The molecule has 30 heavy (non-hydrogen) atoms. The van der Waals surface area contributed by atoms with Gasteiger partial charge in [0.1, 0.15) is 11.6 Å². The molecule has 5 rings (SSSR count). The number of hydrogen-bond acceptors (Lipinski definition) is 5. The van der Waals surface area contributed by atoms with E-state index < -0.39 is 0 Å². The van der Waals surface area contributed by atoms with Crippen molar-refractivity contribution in [1.29, 1.82) is 0 Å². The minimum atomic E-state index is 0.746. The van der Waals surface area contributed by atoms with Crippen LogP contribution in [0.1, 0.15) is 28.3 Å². The molecule has 0 unspecified atom stereocenters. The summed E-state index contributed by atoms with van der Waals surface area (Å²) < 4.78 is 2.42. The number of aromatic amines is 2. The van der Waals surface area contributed by atoms with E-state index in [1.165, 1.54) is 21.6 Å². The molecule has 0 saturated heterocycles. The zero-order chi connectivity index (χ0) is 20.2. The molecule has 2 aromatic carbocycles. The number of hydrogen-bond donors (Lipinski definition) is 2. The van der Waals surface area contributed by atoms with E-state index in [1.807, 2.05) is 24.3 Å². The Hall–Kier alpha value is -2.87. The highest BCUT2D eigenvalue weighted by Crippen LogP contribution is 2.32. The normalized spacial score (nSPS) is 13.8. The van der Waals surface area contributed by atoms with E-state index >= 15 is 0 Å². The highest BCUT2D eigenvalue weighted by Gasteiger charge is 2.19. The van der Waals surface area contributed by atoms with Crippen LogP contribution in [0.4, 0.5) is 0 Å². The SMILES string of the molecule is c1ccc2c(c1)CN(Sc1ccc(CN(Cc3ncc[nH]3)Cc3ncc[nH]3)cc1)C2. The Kier molecular flexibility index (Phi) is 5.65. The number of imidazole rings is 2. The van der Waals surface area contributed by atoms with Crippen molar-refractivity contribution >= 4 is 11.9 Å². The molecule has 0 fully saturated rings. The molecular weight excluding hydrogens is 392 g/mol. The van der Waals surface area contributed by atoms with E-state index in [9.17, 15) is 0 Å². The average Bonchev–Trinajstić information content (AvgIpc) is 3.51. The molecule has 0 atom stereocenters. The Morgan fingerprint density at radius 1 is 0.800 bits per heavy atom. The van der Waals surface area contributed by atoms with Crippen LogP contribution in [-0.4, -0.2) is 29.1 Å². The minimum Gasteiger partial charge on any atom is -0.348 e. The first-order valence-corrected chi connectivity index (χ1v) is 10.9. The molecule has 0 aliphatic carbocycles. The third-order valence-corrected chi connectivity index (χ3v) is 6.23. The summed E-state index contributed by atoms with van der Waals surface area (Å²) in [5.74, 6) is 1.92. The van der Waals surface area contributed by atoms with E-state index in [0.29, 0.717) is 0 Å². The van der Waals surface area contributed by atoms with Crippen molar-refractivity contribution in [1.82, 2.24) is 29.1 Å². The van der Waals surface area contributed by atoms with Crippen molar-refractivity contribution < 1.29 is 0 Å². The fourth-order valence-corrected chi connectivity index (χ4v) is 4.75. The van der Waals surface area contributed by atoms with Gasteiger partial charge in [0.2, 0.25) is 0 Å². The summed E-state index contributed by atoms with van der Waals surface area (Å²) in [5.41, 5.74) is 4.16. The lowest BCUT2D eigenvalue weighted by Gasteiger charge is -2.20. The van der Waals surface area contributed by atoms with Gasteiger partial charge in [0, 0.05) is 49.3 Å². The summed E-state index contributed by atoms with van der Waals surface area (Å²) in [7, 11) is 0. The zero-order valence-corrected chi connectivity index (χ0v) is 17.5. The zero-order valence-electron chi connectivity index (χ0n) is 16.7. The van der Waals surface area contributed by atoms with Crippen LogP contribution in [0.2, 0.25) is 0 Å².